The van der Waals surface area contributed by atoms with Gasteiger partial charge in [0, 0.05) is 22.8 Å². The normalized spacial score (nSPS) is 21.4. The number of thiophene rings is 1. The fourth-order valence-corrected chi connectivity index (χ4v) is 5.12. The first kappa shape index (κ1) is 23.2. The summed E-state index contributed by atoms with van der Waals surface area (Å²) in [5.74, 6) is -1.66. The zero-order chi connectivity index (χ0) is 22.8. The standard InChI is InChI=1S/C22H30N2O6S/c1-22(2,3)30-21(29)17-7-5-11-24(17)19(26)13-15-9-8-14(31-15)12-18(25)23-10-4-6-16(23)20(27)28/h8-9,16-17H,4-7,10-13H2,1-3H3,(H,27,28)/t16-,17-/m1/s1. The summed E-state index contributed by atoms with van der Waals surface area (Å²) in [6.45, 7) is 6.42. The Labute approximate surface area is 186 Å². The summed E-state index contributed by atoms with van der Waals surface area (Å²) < 4.78 is 5.46. The lowest BCUT2D eigenvalue weighted by Gasteiger charge is -2.27. The van der Waals surface area contributed by atoms with Gasteiger partial charge in [-0.1, -0.05) is 0 Å². The number of aliphatic carboxylic acids is 1. The summed E-state index contributed by atoms with van der Waals surface area (Å²) in [5, 5.41) is 9.26. The van der Waals surface area contributed by atoms with Gasteiger partial charge in [0.15, 0.2) is 0 Å². The lowest BCUT2D eigenvalue weighted by Crippen LogP contribution is -2.44. The van der Waals surface area contributed by atoms with Gasteiger partial charge in [-0.05, 0) is 58.6 Å². The summed E-state index contributed by atoms with van der Waals surface area (Å²) in [5.41, 5.74) is -0.599. The first-order valence-corrected chi connectivity index (χ1v) is 11.5. The van der Waals surface area contributed by atoms with Crippen molar-refractivity contribution >= 4 is 35.1 Å². The van der Waals surface area contributed by atoms with E-state index in [1.165, 1.54) is 16.2 Å². The molecule has 8 nitrogen and oxygen atoms in total. The number of ether oxygens (including phenoxy) is 1. The highest BCUT2D eigenvalue weighted by molar-refractivity contribution is 7.12. The first-order chi connectivity index (χ1) is 14.5. The Balaban J connectivity index is 1.58. The Morgan fingerprint density at radius 3 is 1.94 bits per heavy atom. The van der Waals surface area contributed by atoms with Gasteiger partial charge in [-0.3, -0.25) is 9.59 Å². The van der Waals surface area contributed by atoms with Crippen LogP contribution in [0.2, 0.25) is 0 Å². The molecule has 2 aliphatic rings. The highest BCUT2D eigenvalue weighted by Gasteiger charge is 2.37. The molecule has 0 aliphatic carbocycles. The van der Waals surface area contributed by atoms with E-state index in [-0.39, 0.29) is 30.6 Å². The predicted molar refractivity (Wildman–Crippen MR) is 115 cm³/mol. The van der Waals surface area contributed by atoms with Crippen molar-refractivity contribution in [3.05, 3.63) is 21.9 Å². The molecule has 2 fully saturated rings. The number of esters is 1. The second kappa shape index (κ2) is 9.38. The molecule has 0 saturated carbocycles. The molecule has 2 amide bonds. The van der Waals surface area contributed by atoms with E-state index in [2.05, 4.69) is 0 Å². The molecule has 2 atom stereocenters. The molecule has 2 aliphatic heterocycles. The average molecular weight is 451 g/mol. The maximum atomic E-state index is 12.8. The van der Waals surface area contributed by atoms with Crippen molar-refractivity contribution in [3.8, 4) is 0 Å². The monoisotopic (exact) mass is 450 g/mol. The minimum atomic E-state index is -0.964. The lowest BCUT2D eigenvalue weighted by atomic mass is 10.1. The van der Waals surface area contributed by atoms with Gasteiger partial charge in [-0.25, -0.2) is 9.59 Å². The van der Waals surface area contributed by atoms with Gasteiger partial charge in [-0.2, -0.15) is 0 Å². The number of likely N-dealkylation sites (tertiary alicyclic amines) is 2. The summed E-state index contributed by atoms with van der Waals surface area (Å²) >= 11 is 1.38. The van der Waals surface area contributed by atoms with Crippen molar-refractivity contribution in [1.82, 2.24) is 9.80 Å². The van der Waals surface area contributed by atoms with E-state index < -0.39 is 23.7 Å². The molecule has 0 bridgehead atoms. The maximum Gasteiger partial charge on any atom is 0.329 e. The molecule has 0 spiro atoms. The average Bonchev–Trinajstić information content (AvgIpc) is 3.40. The molecule has 3 heterocycles. The van der Waals surface area contributed by atoms with E-state index >= 15 is 0 Å². The SMILES string of the molecule is CC(C)(C)OC(=O)[C@H]1CCCN1C(=O)Cc1ccc(CC(=O)N2CCC[C@@H]2C(=O)O)s1. The molecule has 31 heavy (non-hydrogen) atoms. The number of hydrogen-bond acceptors (Lipinski definition) is 6. The molecule has 0 aromatic carbocycles. The second-order valence-electron chi connectivity index (χ2n) is 9.08. The molecule has 0 radical (unpaired) electrons. The minimum absolute atomic E-state index is 0.126. The Kier molecular flexibility index (Phi) is 7.03. The highest BCUT2D eigenvalue weighted by Crippen LogP contribution is 2.25. The number of carboxylic acid groups (broad SMARTS) is 1. The van der Waals surface area contributed by atoms with Gasteiger partial charge in [0.1, 0.15) is 17.7 Å². The number of amides is 2. The molecule has 1 N–H and O–H groups in total. The molecule has 9 heteroatoms. The van der Waals surface area contributed by atoms with Gasteiger partial charge < -0.3 is 19.6 Å². The Hall–Kier alpha value is -2.42. The molecule has 3 rings (SSSR count). The topological polar surface area (TPSA) is 104 Å². The third-order valence-corrected chi connectivity index (χ3v) is 6.56. The van der Waals surface area contributed by atoms with Crippen LogP contribution in [0.1, 0.15) is 56.2 Å². The van der Waals surface area contributed by atoms with E-state index in [9.17, 15) is 24.3 Å². The van der Waals surface area contributed by atoms with Crippen molar-refractivity contribution in [2.75, 3.05) is 13.1 Å². The molecule has 0 unspecified atom stereocenters. The van der Waals surface area contributed by atoms with E-state index in [1.807, 2.05) is 12.1 Å². The van der Waals surface area contributed by atoms with Gasteiger partial charge in [0.2, 0.25) is 11.8 Å². The van der Waals surface area contributed by atoms with Crippen LogP contribution in [0.5, 0.6) is 0 Å². The van der Waals surface area contributed by atoms with Crippen molar-refractivity contribution in [2.24, 2.45) is 0 Å². The van der Waals surface area contributed by atoms with Crippen molar-refractivity contribution in [3.63, 3.8) is 0 Å². The number of rotatable bonds is 6. The van der Waals surface area contributed by atoms with Crippen LogP contribution in [0.15, 0.2) is 12.1 Å². The third kappa shape index (κ3) is 5.84. The second-order valence-corrected chi connectivity index (χ2v) is 10.3. The quantitative estimate of drug-likeness (QED) is 0.667. The van der Waals surface area contributed by atoms with Gasteiger partial charge in [0.05, 0.1) is 12.8 Å². The van der Waals surface area contributed by atoms with Gasteiger partial charge in [0.25, 0.3) is 0 Å². The zero-order valence-electron chi connectivity index (χ0n) is 18.3. The first-order valence-electron chi connectivity index (χ1n) is 10.7. The van der Waals surface area contributed by atoms with Crippen LogP contribution >= 0.6 is 11.3 Å². The number of carboxylic acids is 1. The van der Waals surface area contributed by atoms with Crippen molar-refractivity contribution in [1.29, 1.82) is 0 Å². The lowest BCUT2D eigenvalue weighted by molar-refractivity contribution is -0.163. The summed E-state index contributed by atoms with van der Waals surface area (Å²) in [6, 6.07) is 2.35. The summed E-state index contributed by atoms with van der Waals surface area (Å²) in [7, 11) is 0. The van der Waals surface area contributed by atoms with Gasteiger partial charge >= 0.3 is 11.9 Å². The van der Waals surface area contributed by atoms with Crippen LogP contribution in [0.3, 0.4) is 0 Å². The number of nitrogens with zero attached hydrogens (tertiary/aromatic N) is 2. The fraction of sp³-hybridized carbons (Fsp3) is 0.636. The van der Waals surface area contributed by atoms with E-state index in [0.29, 0.717) is 32.4 Å². The van der Waals surface area contributed by atoms with Crippen LogP contribution in [0.25, 0.3) is 0 Å². The van der Waals surface area contributed by atoms with Crippen LogP contribution < -0.4 is 0 Å². The van der Waals surface area contributed by atoms with E-state index in [1.54, 1.807) is 25.7 Å². The smallest absolute Gasteiger partial charge is 0.329 e. The predicted octanol–water partition coefficient (Wildman–Crippen LogP) is 2.24. The summed E-state index contributed by atoms with van der Waals surface area (Å²) in [6.07, 6.45) is 2.85. The molecule has 1 aromatic heterocycles. The molecule has 1 aromatic rings. The molecular formula is C22H30N2O6S. The Bertz CT molecular complexity index is 858. The van der Waals surface area contributed by atoms with Crippen molar-refractivity contribution < 1.29 is 29.0 Å². The number of carbonyl (C=O) groups excluding carboxylic acids is 3. The summed E-state index contributed by atoms with van der Waals surface area (Å²) in [4.78, 5) is 53.8. The molecule has 2 saturated heterocycles. The van der Waals surface area contributed by atoms with E-state index in [0.717, 1.165) is 16.2 Å². The van der Waals surface area contributed by atoms with Crippen LogP contribution in [0.4, 0.5) is 0 Å². The number of carbonyl (C=O) groups is 4. The number of hydrogen-bond donors (Lipinski definition) is 1. The van der Waals surface area contributed by atoms with Crippen LogP contribution in [-0.2, 0) is 36.8 Å². The van der Waals surface area contributed by atoms with Crippen molar-refractivity contribution in [2.45, 2.75) is 77.0 Å². The van der Waals surface area contributed by atoms with E-state index in [4.69, 9.17) is 4.74 Å². The van der Waals surface area contributed by atoms with Crippen LogP contribution in [0, 0.1) is 0 Å². The van der Waals surface area contributed by atoms with Gasteiger partial charge in [-0.15, -0.1) is 11.3 Å². The molecular weight excluding hydrogens is 420 g/mol. The third-order valence-electron chi connectivity index (χ3n) is 5.48. The highest BCUT2D eigenvalue weighted by atomic mass is 32.1. The molecule has 170 valence electrons. The minimum Gasteiger partial charge on any atom is -0.480 e. The fourth-order valence-electron chi connectivity index (χ4n) is 4.12. The van der Waals surface area contributed by atoms with Crippen LogP contribution in [-0.4, -0.2) is 69.4 Å². The Morgan fingerprint density at radius 1 is 0.968 bits per heavy atom. The largest absolute Gasteiger partial charge is 0.480 e. The zero-order valence-corrected chi connectivity index (χ0v) is 19.1. The Morgan fingerprint density at radius 2 is 1.45 bits per heavy atom. The maximum absolute atomic E-state index is 12.8.